The maximum atomic E-state index is 4.87. The Morgan fingerprint density at radius 2 is 2.09 bits per heavy atom. The number of guanidine groups is 1. The average Bonchev–Trinajstić information content (AvgIpc) is 2.94. The normalized spacial score (nSPS) is 21.4. The number of nitrogens with zero attached hydrogens (tertiary/aromatic N) is 4. The Kier molecular flexibility index (Phi) is 4.83. The molecule has 2 heterocycles. The van der Waals surface area contributed by atoms with Gasteiger partial charge in [0.05, 0.1) is 0 Å². The lowest BCUT2D eigenvalue weighted by atomic mass is 9.65. The van der Waals surface area contributed by atoms with Crippen molar-refractivity contribution in [1.29, 1.82) is 0 Å². The van der Waals surface area contributed by atoms with Crippen molar-refractivity contribution in [2.75, 3.05) is 19.6 Å². The van der Waals surface area contributed by atoms with Crippen LogP contribution in [0.5, 0.6) is 0 Å². The molecule has 1 saturated heterocycles. The van der Waals surface area contributed by atoms with E-state index in [2.05, 4.69) is 56.9 Å². The van der Waals surface area contributed by atoms with Crippen molar-refractivity contribution in [2.45, 2.75) is 53.6 Å². The lowest BCUT2D eigenvalue weighted by Crippen LogP contribution is -2.72. The van der Waals surface area contributed by atoms with E-state index in [1.165, 1.54) is 0 Å². The topological polar surface area (TPSA) is 45.5 Å². The van der Waals surface area contributed by atoms with E-state index in [1.54, 1.807) is 0 Å². The van der Waals surface area contributed by atoms with Crippen molar-refractivity contribution in [3.05, 3.63) is 18.5 Å². The first-order valence-corrected chi connectivity index (χ1v) is 8.31. The molecular weight excluding hydrogens is 274 g/mol. The first kappa shape index (κ1) is 16.8. The Balaban J connectivity index is 1.99. The number of aliphatic imine (C=N–C) groups is 1. The molecule has 1 aromatic rings. The third kappa shape index (κ3) is 3.28. The van der Waals surface area contributed by atoms with E-state index in [9.17, 15) is 0 Å². The van der Waals surface area contributed by atoms with E-state index < -0.39 is 0 Å². The predicted molar refractivity (Wildman–Crippen MR) is 91.9 cm³/mol. The monoisotopic (exact) mass is 305 g/mol. The molecular formula is C17H31N5. The van der Waals surface area contributed by atoms with Crippen LogP contribution in [-0.4, -0.2) is 45.8 Å². The van der Waals surface area contributed by atoms with Gasteiger partial charge in [0.2, 0.25) is 0 Å². The molecule has 1 aromatic heterocycles. The fraction of sp³-hybridized carbons (Fsp3) is 0.765. The van der Waals surface area contributed by atoms with E-state index in [0.29, 0.717) is 11.3 Å². The van der Waals surface area contributed by atoms with Crippen LogP contribution in [0.4, 0.5) is 0 Å². The second-order valence-corrected chi connectivity index (χ2v) is 7.56. The van der Waals surface area contributed by atoms with Gasteiger partial charge in [-0.1, -0.05) is 20.8 Å². The molecule has 124 valence electrons. The molecule has 2 rings (SSSR count). The molecule has 1 unspecified atom stereocenters. The van der Waals surface area contributed by atoms with Crippen LogP contribution in [0.25, 0.3) is 0 Å². The molecule has 0 spiro atoms. The highest BCUT2D eigenvalue weighted by Crippen LogP contribution is 2.46. The summed E-state index contributed by atoms with van der Waals surface area (Å²) in [5.74, 6) is 1.50. The average molecular weight is 305 g/mol. The first-order chi connectivity index (χ1) is 10.3. The molecule has 22 heavy (non-hydrogen) atoms. The summed E-state index contributed by atoms with van der Waals surface area (Å²) in [5, 5.41) is 7.71. The number of nitrogens with one attached hydrogen (secondary N) is 1. The van der Waals surface area contributed by atoms with Gasteiger partial charge in [-0.25, -0.2) is 0 Å². The molecule has 5 nitrogen and oxygen atoms in total. The Bertz CT molecular complexity index is 501. The summed E-state index contributed by atoms with van der Waals surface area (Å²) < 4.78 is 1.98. The van der Waals surface area contributed by atoms with E-state index in [-0.39, 0.29) is 5.54 Å². The third-order valence-electron chi connectivity index (χ3n) is 5.09. The van der Waals surface area contributed by atoms with Crippen molar-refractivity contribution >= 4 is 5.96 Å². The smallest absolute Gasteiger partial charge is 0.194 e. The van der Waals surface area contributed by atoms with E-state index in [4.69, 9.17) is 4.99 Å². The number of aromatic nitrogens is 2. The number of likely N-dealkylation sites (tertiary alicyclic amines) is 1. The number of hydrogen-bond donors (Lipinski definition) is 1. The lowest BCUT2D eigenvalue weighted by molar-refractivity contribution is -0.0668. The quantitative estimate of drug-likeness (QED) is 0.672. The number of hydrogen-bond acceptors (Lipinski definition) is 2. The van der Waals surface area contributed by atoms with Crippen molar-refractivity contribution in [1.82, 2.24) is 20.0 Å². The van der Waals surface area contributed by atoms with Gasteiger partial charge in [0.1, 0.15) is 0 Å². The molecule has 0 radical (unpaired) electrons. The summed E-state index contributed by atoms with van der Waals surface area (Å²) in [5.41, 5.74) is 0.461. The number of rotatable bonds is 5. The molecule has 1 N–H and O–H groups in total. The summed E-state index contributed by atoms with van der Waals surface area (Å²) >= 11 is 0. The fourth-order valence-corrected chi connectivity index (χ4v) is 2.82. The fourth-order valence-electron chi connectivity index (χ4n) is 2.82. The Labute approximate surface area is 134 Å². The largest absolute Gasteiger partial charge is 0.356 e. The highest BCUT2D eigenvalue weighted by atomic mass is 15.4. The molecule has 0 aliphatic carbocycles. The van der Waals surface area contributed by atoms with Gasteiger partial charge in [0, 0.05) is 49.5 Å². The van der Waals surface area contributed by atoms with Crippen LogP contribution in [0.15, 0.2) is 23.5 Å². The van der Waals surface area contributed by atoms with Gasteiger partial charge < -0.3 is 10.2 Å². The highest BCUT2D eigenvalue weighted by molar-refractivity contribution is 5.82. The summed E-state index contributed by atoms with van der Waals surface area (Å²) in [6.07, 6.45) is 3.83. The van der Waals surface area contributed by atoms with Gasteiger partial charge in [-0.05, 0) is 32.8 Å². The summed E-state index contributed by atoms with van der Waals surface area (Å²) in [7, 11) is 0. The molecule has 1 aliphatic heterocycles. The van der Waals surface area contributed by atoms with Crippen molar-refractivity contribution in [3.63, 3.8) is 0 Å². The summed E-state index contributed by atoms with van der Waals surface area (Å²) in [6, 6.07) is 1.96. The van der Waals surface area contributed by atoms with Gasteiger partial charge in [0.25, 0.3) is 0 Å². The van der Waals surface area contributed by atoms with Gasteiger partial charge in [-0.2, -0.15) is 5.10 Å². The predicted octanol–water partition coefficient (Wildman–Crippen LogP) is 2.61. The van der Waals surface area contributed by atoms with Crippen LogP contribution < -0.4 is 5.32 Å². The van der Waals surface area contributed by atoms with Crippen LogP contribution in [0.2, 0.25) is 0 Å². The maximum Gasteiger partial charge on any atom is 0.194 e. The van der Waals surface area contributed by atoms with E-state index >= 15 is 0 Å². The minimum atomic E-state index is 0.138. The molecule has 1 fully saturated rings. The van der Waals surface area contributed by atoms with Gasteiger partial charge in [-0.15, -0.1) is 0 Å². The van der Waals surface area contributed by atoms with Crippen molar-refractivity contribution < 1.29 is 0 Å². The van der Waals surface area contributed by atoms with Crippen LogP contribution in [-0.2, 0) is 6.54 Å². The van der Waals surface area contributed by atoms with Crippen molar-refractivity contribution in [2.24, 2.45) is 16.3 Å². The van der Waals surface area contributed by atoms with Gasteiger partial charge in [0.15, 0.2) is 5.96 Å². The SMILES string of the molecule is CCNC(=NCC(C)Cn1cccn1)N1CC(C)(C)C1(C)C. The molecule has 1 aliphatic rings. The molecule has 1 atom stereocenters. The Morgan fingerprint density at radius 1 is 1.36 bits per heavy atom. The van der Waals surface area contributed by atoms with Gasteiger partial charge in [-0.3, -0.25) is 9.67 Å². The molecule has 0 amide bonds. The standard InChI is InChI=1S/C17H31N5/c1-7-18-15(22-13-16(3,4)17(22,5)6)19-11-14(2)12-21-10-8-9-20-21/h8-10,14H,7,11-13H2,1-6H3,(H,18,19). The van der Waals surface area contributed by atoms with Crippen LogP contribution in [0.1, 0.15) is 41.5 Å². The Morgan fingerprint density at radius 3 is 2.59 bits per heavy atom. The third-order valence-corrected chi connectivity index (χ3v) is 5.09. The van der Waals surface area contributed by atoms with Crippen LogP contribution in [0.3, 0.4) is 0 Å². The van der Waals surface area contributed by atoms with E-state index in [1.807, 2.05) is 23.1 Å². The highest BCUT2D eigenvalue weighted by Gasteiger charge is 2.53. The zero-order valence-corrected chi connectivity index (χ0v) is 14.9. The van der Waals surface area contributed by atoms with Crippen LogP contribution >= 0.6 is 0 Å². The Hall–Kier alpha value is -1.52. The van der Waals surface area contributed by atoms with Crippen molar-refractivity contribution in [3.8, 4) is 0 Å². The molecule has 5 heteroatoms. The summed E-state index contributed by atoms with van der Waals surface area (Å²) in [6.45, 7) is 17.3. The maximum absolute atomic E-state index is 4.87. The summed E-state index contributed by atoms with van der Waals surface area (Å²) in [4.78, 5) is 7.27. The molecule has 0 saturated carbocycles. The second kappa shape index (κ2) is 6.31. The minimum absolute atomic E-state index is 0.138. The van der Waals surface area contributed by atoms with Gasteiger partial charge >= 0.3 is 0 Å². The molecule has 0 bridgehead atoms. The zero-order chi connectivity index (χ0) is 16.4. The lowest BCUT2D eigenvalue weighted by Gasteiger charge is -2.62. The molecule has 0 aromatic carbocycles. The second-order valence-electron chi connectivity index (χ2n) is 7.56. The first-order valence-electron chi connectivity index (χ1n) is 8.31. The van der Waals surface area contributed by atoms with E-state index in [0.717, 1.165) is 32.1 Å². The van der Waals surface area contributed by atoms with Crippen LogP contribution in [0, 0.1) is 11.3 Å². The zero-order valence-electron chi connectivity index (χ0n) is 14.9. The minimum Gasteiger partial charge on any atom is -0.356 e.